The summed E-state index contributed by atoms with van der Waals surface area (Å²) in [5.74, 6) is 0.725. The highest BCUT2D eigenvalue weighted by atomic mass is 14.6. The van der Waals surface area contributed by atoms with Crippen LogP contribution < -0.4 is 5.73 Å². The number of rotatable bonds is 1. The van der Waals surface area contributed by atoms with Crippen molar-refractivity contribution < 1.29 is 0 Å². The van der Waals surface area contributed by atoms with Crippen LogP contribution in [0.3, 0.4) is 0 Å². The monoisotopic (exact) mass is 174 g/mol. The van der Waals surface area contributed by atoms with Crippen molar-refractivity contribution in [1.82, 2.24) is 5.73 Å². The lowest BCUT2D eigenvalue weighted by atomic mass is 9.82. The van der Waals surface area contributed by atoms with Gasteiger partial charge in [-0.25, -0.2) is 0 Å². The Kier molecular flexibility index (Phi) is 2.65. The highest BCUT2D eigenvalue weighted by Crippen LogP contribution is 2.32. The van der Waals surface area contributed by atoms with E-state index in [1.54, 1.807) is 0 Å². The summed E-state index contributed by atoms with van der Waals surface area (Å²) in [4.78, 5) is 0. The zero-order chi connectivity index (χ0) is 9.10. The van der Waals surface area contributed by atoms with Crippen molar-refractivity contribution in [3.63, 3.8) is 0 Å². The van der Waals surface area contributed by atoms with Gasteiger partial charge in [0.1, 0.15) is 0 Å². The second kappa shape index (κ2) is 3.93. The molecule has 1 N–H and O–H groups in total. The molecule has 1 saturated carbocycles. The first-order valence-corrected chi connectivity index (χ1v) is 5.12. The van der Waals surface area contributed by atoms with E-state index in [0.717, 1.165) is 18.8 Å². The summed E-state index contributed by atoms with van der Waals surface area (Å²) in [5.41, 5.74) is 9.09. The summed E-state index contributed by atoms with van der Waals surface area (Å²) in [5, 5.41) is 0. The molecule has 1 heteroatoms. The average molecular weight is 174 g/mol. The summed E-state index contributed by atoms with van der Waals surface area (Å²) < 4.78 is 0. The van der Waals surface area contributed by atoms with Crippen LogP contribution >= 0.6 is 0 Å². The second-order valence-corrected chi connectivity index (χ2v) is 3.96. The van der Waals surface area contributed by atoms with E-state index in [9.17, 15) is 0 Å². The highest BCUT2D eigenvalue weighted by Gasteiger charge is 2.19. The smallest absolute Gasteiger partial charge is 0.0213 e. The van der Waals surface area contributed by atoms with Gasteiger partial charge in [-0.1, -0.05) is 30.3 Å². The van der Waals surface area contributed by atoms with Gasteiger partial charge in [0.05, 0.1) is 0 Å². The van der Waals surface area contributed by atoms with Gasteiger partial charge >= 0.3 is 0 Å². The van der Waals surface area contributed by atoms with Crippen molar-refractivity contribution in [2.24, 2.45) is 0 Å². The van der Waals surface area contributed by atoms with E-state index in [2.05, 4.69) is 30.3 Å². The molecule has 0 bridgehead atoms. The predicted molar refractivity (Wildman–Crippen MR) is 54.5 cm³/mol. The minimum absolute atomic E-state index is 0.208. The first kappa shape index (κ1) is 8.76. The van der Waals surface area contributed by atoms with E-state index in [1.807, 2.05) is 0 Å². The Morgan fingerprint density at radius 1 is 0.923 bits per heavy atom. The van der Waals surface area contributed by atoms with Gasteiger partial charge in [0, 0.05) is 6.04 Å². The van der Waals surface area contributed by atoms with Gasteiger partial charge < -0.3 is 0 Å². The van der Waals surface area contributed by atoms with E-state index in [1.165, 1.54) is 18.4 Å². The third kappa shape index (κ3) is 2.10. The molecule has 2 rings (SSSR count). The van der Waals surface area contributed by atoms with Crippen molar-refractivity contribution >= 4 is 0 Å². The summed E-state index contributed by atoms with van der Waals surface area (Å²) in [6, 6.07) is 10.9. The first-order chi connectivity index (χ1) is 6.36. The van der Waals surface area contributed by atoms with Crippen LogP contribution in [0.2, 0.25) is 0 Å². The molecule has 1 aliphatic carbocycles. The van der Waals surface area contributed by atoms with Gasteiger partial charge in [-0.05, 0) is 37.2 Å². The second-order valence-electron chi connectivity index (χ2n) is 3.96. The van der Waals surface area contributed by atoms with E-state index < -0.39 is 0 Å². The Bertz CT molecular complexity index is 247. The normalized spacial score (nSPS) is 28.7. The Balaban J connectivity index is 2.03. The highest BCUT2D eigenvalue weighted by molar-refractivity contribution is 5.19. The van der Waals surface area contributed by atoms with Crippen molar-refractivity contribution in [3.8, 4) is 0 Å². The molecular weight excluding hydrogens is 158 g/mol. The van der Waals surface area contributed by atoms with Crippen molar-refractivity contribution in [2.45, 2.75) is 37.6 Å². The quantitative estimate of drug-likeness (QED) is 0.625. The van der Waals surface area contributed by atoms with Crippen LogP contribution in [-0.2, 0) is 0 Å². The van der Waals surface area contributed by atoms with Crippen molar-refractivity contribution in [1.29, 1.82) is 0 Å². The van der Waals surface area contributed by atoms with Crippen LogP contribution in [0, 0.1) is 0 Å². The fourth-order valence-corrected chi connectivity index (χ4v) is 2.15. The maximum atomic E-state index is 7.62. The Hall–Kier alpha value is -0.820. The third-order valence-electron chi connectivity index (χ3n) is 3.00. The molecule has 0 amide bonds. The molecule has 0 unspecified atom stereocenters. The van der Waals surface area contributed by atoms with Crippen LogP contribution in [0.5, 0.6) is 0 Å². The molecule has 0 atom stereocenters. The van der Waals surface area contributed by atoms with Crippen LogP contribution in [-0.4, -0.2) is 6.04 Å². The SMILES string of the molecule is [NH][C@H]1CC[C@@H](c2ccccc2)CC1. The minimum atomic E-state index is 0.208. The molecule has 0 aliphatic heterocycles. The van der Waals surface area contributed by atoms with Crippen LogP contribution in [0.25, 0.3) is 0 Å². The summed E-state index contributed by atoms with van der Waals surface area (Å²) in [7, 11) is 0. The molecule has 1 radical (unpaired) electrons. The van der Waals surface area contributed by atoms with Crippen LogP contribution in [0.4, 0.5) is 0 Å². The Morgan fingerprint density at radius 3 is 2.15 bits per heavy atom. The van der Waals surface area contributed by atoms with E-state index in [0.29, 0.717) is 0 Å². The standard InChI is InChI=1S/C12H16N/c13-12-8-6-11(7-9-12)10-4-2-1-3-5-10/h1-5,11-13H,6-9H2/t11-,12+. The average Bonchev–Trinajstić information content (AvgIpc) is 2.20. The molecular formula is C12H16N. The first-order valence-electron chi connectivity index (χ1n) is 5.12. The molecule has 0 spiro atoms. The Labute approximate surface area is 80.0 Å². The van der Waals surface area contributed by atoms with Crippen molar-refractivity contribution in [3.05, 3.63) is 35.9 Å². The van der Waals surface area contributed by atoms with Gasteiger partial charge in [0.15, 0.2) is 0 Å². The molecule has 69 valence electrons. The third-order valence-corrected chi connectivity index (χ3v) is 3.00. The van der Waals surface area contributed by atoms with Crippen LogP contribution in [0.15, 0.2) is 30.3 Å². The number of nitrogens with one attached hydrogen (secondary N) is 1. The largest absolute Gasteiger partial charge is 0.255 e. The van der Waals surface area contributed by atoms with E-state index in [-0.39, 0.29) is 6.04 Å². The maximum absolute atomic E-state index is 7.62. The van der Waals surface area contributed by atoms with Crippen molar-refractivity contribution in [2.75, 3.05) is 0 Å². The molecule has 1 nitrogen and oxygen atoms in total. The molecule has 13 heavy (non-hydrogen) atoms. The molecule has 1 aromatic rings. The zero-order valence-corrected chi connectivity index (χ0v) is 7.87. The summed E-state index contributed by atoms with van der Waals surface area (Å²) in [6.07, 6.45) is 4.58. The lowest BCUT2D eigenvalue weighted by Gasteiger charge is -2.25. The van der Waals surface area contributed by atoms with Gasteiger partial charge in [-0.3, -0.25) is 5.73 Å². The number of hydrogen-bond donors (Lipinski definition) is 0. The van der Waals surface area contributed by atoms with E-state index in [4.69, 9.17) is 5.73 Å². The molecule has 0 saturated heterocycles. The molecule has 0 aromatic heterocycles. The molecule has 1 aliphatic rings. The lowest BCUT2D eigenvalue weighted by Crippen LogP contribution is -2.18. The van der Waals surface area contributed by atoms with Crippen LogP contribution in [0.1, 0.15) is 37.2 Å². The van der Waals surface area contributed by atoms with Gasteiger partial charge in [0.25, 0.3) is 0 Å². The minimum Gasteiger partial charge on any atom is -0.255 e. The predicted octanol–water partition coefficient (Wildman–Crippen LogP) is 3.00. The fraction of sp³-hybridized carbons (Fsp3) is 0.500. The van der Waals surface area contributed by atoms with Gasteiger partial charge in [-0.15, -0.1) is 0 Å². The van der Waals surface area contributed by atoms with Gasteiger partial charge in [0.2, 0.25) is 0 Å². The summed E-state index contributed by atoms with van der Waals surface area (Å²) in [6.45, 7) is 0. The topological polar surface area (TPSA) is 23.8 Å². The fourth-order valence-electron chi connectivity index (χ4n) is 2.15. The zero-order valence-electron chi connectivity index (χ0n) is 7.87. The molecule has 0 heterocycles. The number of benzene rings is 1. The number of hydrogen-bond acceptors (Lipinski definition) is 0. The van der Waals surface area contributed by atoms with E-state index >= 15 is 0 Å². The lowest BCUT2D eigenvalue weighted by molar-refractivity contribution is 0.388. The summed E-state index contributed by atoms with van der Waals surface area (Å²) >= 11 is 0. The van der Waals surface area contributed by atoms with Gasteiger partial charge in [-0.2, -0.15) is 0 Å². The molecule has 1 fully saturated rings. The molecule has 1 aromatic carbocycles. The maximum Gasteiger partial charge on any atom is 0.0213 e. The Morgan fingerprint density at radius 2 is 1.54 bits per heavy atom.